The Balaban J connectivity index is 2.14. The molecule has 4 heteroatoms. The monoisotopic (exact) mass is 259 g/mol. The van der Waals surface area contributed by atoms with E-state index in [4.69, 9.17) is 5.84 Å². The van der Waals surface area contributed by atoms with Gasteiger partial charge in [-0.1, -0.05) is 31.2 Å². The van der Waals surface area contributed by atoms with Gasteiger partial charge >= 0.3 is 0 Å². The predicted molar refractivity (Wildman–Crippen MR) is 73.8 cm³/mol. The average molecular weight is 259 g/mol. The Labute approximate surface area is 112 Å². The van der Waals surface area contributed by atoms with E-state index >= 15 is 0 Å². The second-order valence-corrected chi connectivity index (χ2v) is 4.53. The summed E-state index contributed by atoms with van der Waals surface area (Å²) in [7, 11) is 0. The molecule has 100 valence electrons. The summed E-state index contributed by atoms with van der Waals surface area (Å²) in [5, 5.41) is 0. The number of rotatable bonds is 5. The lowest BCUT2D eigenvalue weighted by atomic mass is 9.99. The molecule has 2 aromatic rings. The first-order chi connectivity index (χ1) is 9.22. The van der Waals surface area contributed by atoms with Crippen LogP contribution in [0.25, 0.3) is 0 Å². The maximum absolute atomic E-state index is 13.2. The fraction of sp³-hybridized carbons (Fsp3) is 0.267. The molecule has 0 amide bonds. The van der Waals surface area contributed by atoms with Crippen LogP contribution in [0, 0.1) is 5.82 Å². The highest BCUT2D eigenvalue weighted by molar-refractivity contribution is 5.25. The molecule has 0 saturated carbocycles. The second kappa shape index (κ2) is 6.41. The lowest BCUT2D eigenvalue weighted by molar-refractivity contribution is 0.541. The van der Waals surface area contributed by atoms with Gasteiger partial charge in [0.1, 0.15) is 5.82 Å². The summed E-state index contributed by atoms with van der Waals surface area (Å²) in [5.41, 5.74) is 5.92. The number of nitrogens with one attached hydrogen (secondary N) is 1. The quantitative estimate of drug-likeness (QED) is 0.641. The van der Waals surface area contributed by atoms with Crippen molar-refractivity contribution >= 4 is 0 Å². The van der Waals surface area contributed by atoms with Crippen LogP contribution >= 0.6 is 0 Å². The second-order valence-electron chi connectivity index (χ2n) is 4.53. The number of pyridine rings is 1. The van der Waals surface area contributed by atoms with E-state index in [1.807, 2.05) is 0 Å². The standard InChI is InChI=1S/C15H18FN3/c1-2-11-3-5-12(6-4-11)7-15(19-17)13-8-14(16)10-18-9-13/h3-6,8-10,15,19H,2,7,17H2,1H3. The third-order valence-electron chi connectivity index (χ3n) is 3.20. The minimum atomic E-state index is -0.348. The zero-order valence-electron chi connectivity index (χ0n) is 10.9. The Morgan fingerprint density at radius 3 is 2.47 bits per heavy atom. The first-order valence-electron chi connectivity index (χ1n) is 6.37. The van der Waals surface area contributed by atoms with Crippen LogP contribution in [0.2, 0.25) is 0 Å². The first kappa shape index (κ1) is 13.6. The topological polar surface area (TPSA) is 50.9 Å². The van der Waals surface area contributed by atoms with E-state index < -0.39 is 0 Å². The number of halogens is 1. The summed E-state index contributed by atoms with van der Waals surface area (Å²) >= 11 is 0. The van der Waals surface area contributed by atoms with Crippen LogP contribution in [-0.2, 0) is 12.8 Å². The molecular weight excluding hydrogens is 241 g/mol. The fourth-order valence-corrected chi connectivity index (χ4v) is 2.04. The molecule has 2 rings (SSSR count). The summed E-state index contributed by atoms with van der Waals surface area (Å²) in [6.45, 7) is 2.12. The van der Waals surface area contributed by atoms with Crippen molar-refractivity contribution in [2.75, 3.05) is 0 Å². The highest BCUT2D eigenvalue weighted by Crippen LogP contribution is 2.18. The van der Waals surface area contributed by atoms with Crippen molar-refractivity contribution in [3.05, 3.63) is 65.2 Å². The zero-order chi connectivity index (χ0) is 13.7. The first-order valence-corrected chi connectivity index (χ1v) is 6.37. The molecule has 1 atom stereocenters. The number of hydrazine groups is 1. The van der Waals surface area contributed by atoms with E-state index in [-0.39, 0.29) is 11.9 Å². The minimum Gasteiger partial charge on any atom is -0.271 e. The van der Waals surface area contributed by atoms with Crippen LogP contribution in [0.4, 0.5) is 4.39 Å². The van der Waals surface area contributed by atoms with Gasteiger partial charge in [0.2, 0.25) is 0 Å². The number of hydrogen-bond donors (Lipinski definition) is 2. The zero-order valence-corrected chi connectivity index (χ0v) is 10.9. The smallest absolute Gasteiger partial charge is 0.141 e. The van der Waals surface area contributed by atoms with Gasteiger partial charge in [-0.05, 0) is 35.6 Å². The molecule has 3 nitrogen and oxygen atoms in total. The Morgan fingerprint density at radius 1 is 1.21 bits per heavy atom. The van der Waals surface area contributed by atoms with Gasteiger partial charge in [0.05, 0.1) is 12.2 Å². The molecule has 1 unspecified atom stereocenters. The maximum Gasteiger partial charge on any atom is 0.141 e. The van der Waals surface area contributed by atoms with Crippen LogP contribution in [0.3, 0.4) is 0 Å². The van der Waals surface area contributed by atoms with Crippen LogP contribution in [0.1, 0.15) is 29.7 Å². The van der Waals surface area contributed by atoms with Crippen molar-refractivity contribution in [2.24, 2.45) is 5.84 Å². The van der Waals surface area contributed by atoms with E-state index in [2.05, 4.69) is 41.6 Å². The van der Waals surface area contributed by atoms with Gasteiger partial charge in [0.25, 0.3) is 0 Å². The number of nitrogens with two attached hydrogens (primary N) is 1. The minimum absolute atomic E-state index is 0.143. The molecule has 3 N–H and O–H groups in total. The summed E-state index contributed by atoms with van der Waals surface area (Å²) in [6.07, 6.45) is 4.54. The van der Waals surface area contributed by atoms with Crippen molar-refractivity contribution in [3.8, 4) is 0 Å². The number of nitrogens with zero attached hydrogens (tertiary/aromatic N) is 1. The molecule has 0 aliphatic heterocycles. The number of aromatic nitrogens is 1. The fourth-order valence-electron chi connectivity index (χ4n) is 2.04. The van der Waals surface area contributed by atoms with Crippen molar-refractivity contribution in [3.63, 3.8) is 0 Å². The largest absolute Gasteiger partial charge is 0.271 e. The van der Waals surface area contributed by atoms with Crippen molar-refractivity contribution in [2.45, 2.75) is 25.8 Å². The number of aryl methyl sites for hydroxylation is 1. The van der Waals surface area contributed by atoms with Gasteiger partial charge in [-0.25, -0.2) is 4.39 Å². The van der Waals surface area contributed by atoms with Crippen LogP contribution in [0.5, 0.6) is 0 Å². The summed E-state index contributed by atoms with van der Waals surface area (Å²) in [4.78, 5) is 3.85. The molecule has 0 spiro atoms. The van der Waals surface area contributed by atoms with Crippen molar-refractivity contribution in [1.82, 2.24) is 10.4 Å². The van der Waals surface area contributed by atoms with Gasteiger partial charge in [-0.2, -0.15) is 0 Å². The van der Waals surface area contributed by atoms with Crippen molar-refractivity contribution in [1.29, 1.82) is 0 Å². The summed E-state index contributed by atoms with van der Waals surface area (Å²) in [5.74, 6) is 5.21. The Bertz CT molecular complexity index is 525. The molecular formula is C15H18FN3. The summed E-state index contributed by atoms with van der Waals surface area (Å²) < 4.78 is 13.2. The molecule has 0 radical (unpaired) electrons. The van der Waals surface area contributed by atoms with Crippen LogP contribution in [0.15, 0.2) is 42.7 Å². The lowest BCUT2D eigenvalue weighted by Gasteiger charge is -2.16. The SMILES string of the molecule is CCc1ccc(CC(NN)c2cncc(F)c2)cc1. The molecule has 19 heavy (non-hydrogen) atoms. The average Bonchev–Trinajstić information content (AvgIpc) is 2.45. The van der Waals surface area contributed by atoms with Gasteiger partial charge in [-0.3, -0.25) is 16.3 Å². The summed E-state index contributed by atoms with van der Waals surface area (Å²) in [6, 6.07) is 9.68. The van der Waals surface area contributed by atoms with Gasteiger partial charge in [0, 0.05) is 6.20 Å². The molecule has 1 aromatic carbocycles. The number of hydrogen-bond acceptors (Lipinski definition) is 3. The third kappa shape index (κ3) is 3.59. The normalized spacial score (nSPS) is 12.4. The van der Waals surface area contributed by atoms with Crippen LogP contribution in [-0.4, -0.2) is 4.98 Å². The Morgan fingerprint density at radius 2 is 1.89 bits per heavy atom. The molecule has 0 bridgehead atoms. The van der Waals surface area contributed by atoms with E-state index in [0.717, 1.165) is 17.5 Å². The lowest BCUT2D eigenvalue weighted by Crippen LogP contribution is -2.29. The van der Waals surface area contributed by atoms with E-state index in [1.54, 1.807) is 6.20 Å². The molecule has 0 fully saturated rings. The highest BCUT2D eigenvalue weighted by atomic mass is 19.1. The van der Waals surface area contributed by atoms with Gasteiger partial charge in [-0.15, -0.1) is 0 Å². The van der Waals surface area contributed by atoms with E-state index in [1.165, 1.54) is 17.8 Å². The molecule has 1 aromatic heterocycles. The Kier molecular flexibility index (Phi) is 4.60. The van der Waals surface area contributed by atoms with Crippen LogP contribution < -0.4 is 11.3 Å². The molecule has 1 heterocycles. The Hall–Kier alpha value is -1.78. The number of benzene rings is 1. The van der Waals surface area contributed by atoms with Crippen molar-refractivity contribution < 1.29 is 4.39 Å². The third-order valence-corrected chi connectivity index (χ3v) is 3.20. The van der Waals surface area contributed by atoms with Gasteiger partial charge < -0.3 is 0 Å². The molecule has 0 aliphatic carbocycles. The molecule has 0 aliphatic rings. The predicted octanol–water partition coefficient (Wildman–Crippen LogP) is 2.53. The van der Waals surface area contributed by atoms with E-state index in [9.17, 15) is 4.39 Å². The van der Waals surface area contributed by atoms with E-state index in [0.29, 0.717) is 6.42 Å². The highest BCUT2D eigenvalue weighted by Gasteiger charge is 2.11. The maximum atomic E-state index is 13.2. The van der Waals surface area contributed by atoms with Gasteiger partial charge in [0.15, 0.2) is 0 Å². The molecule has 0 saturated heterocycles.